The number of fused-ring (bicyclic) bond motifs is 1. The molecule has 8 heteroatoms. The molecule has 90 valence electrons. The number of ether oxygens (including phenoxy) is 1. The molecule has 1 aliphatic rings. The summed E-state index contributed by atoms with van der Waals surface area (Å²) in [5, 5.41) is 7.58. The summed E-state index contributed by atoms with van der Waals surface area (Å²) in [4.78, 5) is 4.01. The Morgan fingerprint density at radius 3 is 2.94 bits per heavy atom. The average molecular weight is 305 g/mol. The van der Waals surface area contributed by atoms with Crippen LogP contribution in [-0.2, 0) is 0 Å². The highest BCUT2D eigenvalue weighted by Crippen LogP contribution is 2.40. The van der Waals surface area contributed by atoms with Gasteiger partial charge in [0.05, 0.1) is 6.20 Å². The molecule has 0 spiro atoms. The Balaban J connectivity index is 1.87. The lowest BCUT2D eigenvalue weighted by molar-refractivity contribution is -0.134. The van der Waals surface area contributed by atoms with Crippen LogP contribution in [0.3, 0.4) is 0 Å². The van der Waals surface area contributed by atoms with Crippen molar-refractivity contribution in [2.24, 2.45) is 0 Å². The summed E-state index contributed by atoms with van der Waals surface area (Å²) in [5.74, 6) is -2.23. The molecule has 17 heavy (non-hydrogen) atoms. The van der Waals surface area contributed by atoms with Crippen molar-refractivity contribution in [2.75, 3.05) is 0 Å². The smallest absolute Gasteiger partial charge is 0.255 e. The van der Waals surface area contributed by atoms with Crippen molar-refractivity contribution < 1.29 is 13.5 Å². The van der Waals surface area contributed by atoms with Gasteiger partial charge in [0, 0.05) is 12.8 Å². The van der Waals surface area contributed by atoms with Gasteiger partial charge in [-0.25, -0.2) is 13.8 Å². The van der Waals surface area contributed by atoms with Crippen LogP contribution in [0.15, 0.2) is 17.3 Å². The van der Waals surface area contributed by atoms with Crippen LogP contribution < -0.4 is 4.74 Å². The van der Waals surface area contributed by atoms with Gasteiger partial charge in [-0.05, 0) is 15.9 Å². The minimum atomic E-state index is -2.60. The van der Waals surface area contributed by atoms with Crippen LogP contribution in [0.1, 0.15) is 12.8 Å². The van der Waals surface area contributed by atoms with E-state index in [2.05, 4.69) is 31.1 Å². The highest BCUT2D eigenvalue weighted by atomic mass is 79.9. The number of aromatic nitrogens is 4. The van der Waals surface area contributed by atoms with Gasteiger partial charge in [0.15, 0.2) is 10.5 Å². The molecule has 0 saturated heterocycles. The normalized spacial score (nSPS) is 19.2. The fourth-order valence-corrected chi connectivity index (χ4v) is 2.08. The SMILES string of the molecule is FC1(F)CC(Oc2cnc(Br)n3cnnc23)C1. The summed E-state index contributed by atoms with van der Waals surface area (Å²) >= 11 is 3.22. The molecule has 2 heterocycles. The molecule has 1 aliphatic carbocycles. The molecule has 2 aromatic heterocycles. The third kappa shape index (κ3) is 1.86. The second kappa shape index (κ2) is 3.59. The first-order valence-electron chi connectivity index (χ1n) is 4.94. The number of alkyl halides is 2. The fourth-order valence-electron chi connectivity index (χ4n) is 1.72. The zero-order valence-electron chi connectivity index (χ0n) is 8.48. The number of nitrogens with zero attached hydrogens (tertiary/aromatic N) is 4. The van der Waals surface area contributed by atoms with Gasteiger partial charge in [0.1, 0.15) is 12.4 Å². The van der Waals surface area contributed by atoms with Crippen LogP contribution >= 0.6 is 15.9 Å². The molecule has 0 unspecified atom stereocenters. The van der Waals surface area contributed by atoms with Crippen molar-refractivity contribution in [1.82, 2.24) is 19.6 Å². The molecule has 3 rings (SSSR count). The van der Waals surface area contributed by atoms with Crippen molar-refractivity contribution >= 4 is 21.6 Å². The van der Waals surface area contributed by atoms with Crippen molar-refractivity contribution in [2.45, 2.75) is 24.9 Å². The number of halogens is 3. The summed E-state index contributed by atoms with van der Waals surface area (Å²) < 4.78 is 32.9. The van der Waals surface area contributed by atoms with Gasteiger partial charge < -0.3 is 4.74 Å². The molecule has 0 aliphatic heterocycles. The predicted molar refractivity (Wildman–Crippen MR) is 57.1 cm³/mol. The van der Waals surface area contributed by atoms with Crippen LogP contribution in [0.25, 0.3) is 5.65 Å². The van der Waals surface area contributed by atoms with Crippen molar-refractivity contribution in [3.8, 4) is 5.75 Å². The molecule has 0 atom stereocenters. The van der Waals surface area contributed by atoms with E-state index in [9.17, 15) is 8.78 Å². The first-order valence-corrected chi connectivity index (χ1v) is 5.73. The van der Waals surface area contributed by atoms with Crippen LogP contribution in [0.2, 0.25) is 0 Å². The Labute approximate surface area is 103 Å². The Kier molecular flexibility index (Phi) is 2.29. The highest BCUT2D eigenvalue weighted by Gasteiger charge is 2.47. The molecule has 0 radical (unpaired) electrons. The Bertz CT molecular complexity index is 565. The van der Waals surface area contributed by atoms with E-state index in [0.29, 0.717) is 16.1 Å². The van der Waals surface area contributed by atoms with Crippen molar-refractivity contribution in [1.29, 1.82) is 0 Å². The molecule has 0 amide bonds. The molecule has 2 aromatic rings. The van der Waals surface area contributed by atoms with E-state index in [1.165, 1.54) is 12.5 Å². The maximum Gasteiger partial charge on any atom is 0.255 e. The lowest BCUT2D eigenvalue weighted by atomic mass is 9.91. The maximum atomic E-state index is 12.7. The molecule has 5 nitrogen and oxygen atoms in total. The third-order valence-electron chi connectivity index (χ3n) is 2.60. The summed E-state index contributed by atoms with van der Waals surface area (Å²) in [5.41, 5.74) is 0.460. The quantitative estimate of drug-likeness (QED) is 0.797. The van der Waals surface area contributed by atoms with E-state index in [4.69, 9.17) is 4.74 Å². The first-order chi connectivity index (χ1) is 8.05. The van der Waals surface area contributed by atoms with Gasteiger partial charge in [0.25, 0.3) is 5.92 Å². The molecular formula is C9H7BrF2N4O. The first kappa shape index (κ1) is 10.8. The lowest BCUT2D eigenvalue weighted by Crippen LogP contribution is -2.43. The molecule has 0 N–H and O–H groups in total. The van der Waals surface area contributed by atoms with Crippen LogP contribution in [0.4, 0.5) is 8.78 Å². The van der Waals surface area contributed by atoms with E-state index in [1.807, 2.05) is 0 Å². The third-order valence-corrected chi connectivity index (χ3v) is 3.19. The fraction of sp³-hybridized carbons (Fsp3) is 0.444. The molecular weight excluding hydrogens is 298 g/mol. The molecule has 1 saturated carbocycles. The van der Waals surface area contributed by atoms with Crippen LogP contribution in [0.5, 0.6) is 5.75 Å². The average Bonchev–Trinajstić information content (AvgIpc) is 2.69. The Morgan fingerprint density at radius 1 is 1.47 bits per heavy atom. The zero-order chi connectivity index (χ0) is 12.0. The van der Waals surface area contributed by atoms with E-state index >= 15 is 0 Å². The molecule has 1 fully saturated rings. The minimum absolute atomic E-state index is 0.261. The monoisotopic (exact) mass is 304 g/mol. The molecule has 0 aromatic carbocycles. The van der Waals surface area contributed by atoms with E-state index in [-0.39, 0.29) is 12.8 Å². The number of rotatable bonds is 2. The largest absolute Gasteiger partial charge is 0.484 e. The standard InChI is InChI=1S/C9H7BrF2N4O/c10-8-13-3-6(7-15-14-4-16(7)8)17-5-1-9(11,12)2-5/h3-5H,1-2H2. The number of hydrogen-bond donors (Lipinski definition) is 0. The van der Waals surface area contributed by atoms with Gasteiger partial charge in [0.2, 0.25) is 5.65 Å². The lowest BCUT2D eigenvalue weighted by Gasteiger charge is -2.34. The van der Waals surface area contributed by atoms with Gasteiger partial charge >= 0.3 is 0 Å². The van der Waals surface area contributed by atoms with E-state index in [0.717, 1.165) is 0 Å². The van der Waals surface area contributed by atoms with Gasteiger partial charge in [-0.3, -0.25) is 4.40 Å². The predicted octanol–water partition coefficient (Wildman–Crippen LogP) is 2.06. The summed E-state index contributed by atoms with van der Waals surface area (Å²) in [6, 6.07) is 0. The summed E-state index contributed by atoms with van der Waals surface area (Å²) in [6.45, 7) is 0. The van der Waals surface area contributed by atoms with E-state index in [1.54, 1.807) is 4.40 Å². The van der Waals surface area contributed by atoms with Gasteiger partial charge in [-0.2, -0.15) is 0 Å². The van der Waals surface area contributed by atoms with Gasteiger partial charge in [-0.15, -0.1) is 10.2 Å². The second-order valence-electron chi connectivity index (χ2n) is 3.92. The van der Waals surface area contributed by atoms with Crippen molar-refractivity contribution in [3.63, 3.8) is 0 Å². The summed E-state index contributed by atoms with van der Waals surface area (Å²) in [7, 11) is 0. The van der Waals surface area contributed by atoms with Crippen LogP contribution in [-0.4, -0.2) is 31.6 Å². The summed E-state index contributed by atoms with van der Waals surface area (Å²) in [6.07, 6.45) is 1.92. The topological polar surface area (TPSA) is 52.3 Å². The minimum Gasteiger partial charge on any atom is -0.484 e. The zero-order valence-corrected chi connectivity index (χ0v) is 10.1. The van der Waals surface area contributed by atoms with Crippen LogP contribution in [0, 0.1) is 0 Å². The highest BCUT2D eigenvalue weighted by molar-refractivity contribution is 9.10. The maximum absolute atomic E-state index is 12.7. The molecule has 0 bridgehead atoms. The Hall–Kier alpha value is -1.31. The second-order valence-corrected chi connectivity index (χ2v) is 4.63. The van der Waals surface area contributed by atoms with Crippen molar-refractivity contribution in [3.05, 3.63) is 17.3 Å². The number of hydrogen-bond acceptors (Lipinski definition) is 4. The van der Waals surface area contributed by atoms with Gasteiger partial charge in [-0.1, -0.05) is 0 Å². The van der Waals surface area contributed by atoms with E-state index < -0.39 is 12.0 Å². The Morgan fingerprint density at radius 2 is 2.24 bits per heavy atom.